The third kappa shape index (κ3) is 3.14. The van der Waals surface area contributed by atoms with Crippen LogP contribution < -0.4 is 5.32 Å². The van der Waals surface area contributed by atoms with E-state index in [0.29, 0.717) is 18.8 Å². The molecule has 0 saturated carbocycles. The van der Waals surface area contributed by atoms with Crippen LogP contribution in [0, 0.1) is 5.92 Å². The summed E-state index contributed by atoms with van der Waals surface area (Å²) in [5.74, 6) is 0.0710. The van der Waals surface area contributed by atoms with E-state index in [1.807, 2.05) is 0 Å². The van der Waals surface area contributed by atoms with Crippen molar-refractivity contribution < 1.29 is 14.3 Å². The first-order valence-corrected chi connectivity index (χ1v) is 5.73. The van der Waals surface area contributed by atoms with E-state index in [4.69, 9.17) is 4.74 Å². The summed E-state index contributed by atoms with van der Waals surface area (Å²) in [4.78, 5) is 22.4. The first-order valence-electron chi connectivity index (χ1n) is 5.73. The summed E-state index contributed by atoms with van der Waals surface area (Å²) in [6, 6.07) is 6.85. The molecule has 17 heavy (non-hydrogen) atoms. The Hall–Kier alpha value is -1.68. The third-order valence-electron chi connectivity index (χ3n) is 2.91. The minimum atomic E-state index is 0.0344. The summed E-state index contributed by atoms with van der Waals surface area (Å²) < 4.78 is 5.21. The van der Waals surface area contributed by atoms with E-state index < -0.39 is 0 Å². The van der Waals surface area contributed by atoms with Crippen molar-refractivity contribution in [3.63, 3.8) is 0 Å². The number of hydrogen-bond acceptors (Lipinski definition) is 3. The third-order valence-corrected chi connectivity index (χ3v) is 2.91. The fraction of sp³-hybridized carbons (Fsp3) is 0.385. The molecule has 2 rings (SSSR count). The average molecular weight is 233 g/mol. The van der Waals surface area contributed by atoms with Gasteiger partial charge >= 0.3 is 0 Å². The van der Waals surface area contributed by atoms with Gasteiger partial charge in [-0.25, -0.2) is 0 Å². The highest BCUT2D eigenvalue weighted by Crippen LogP contribution is 2.17. The lowest BCUT2D eigenvalue weighted by molar-refractivity contribution is -0.122. The van der Waals surface area contributed by atoms with Gasteiger partial charge in [0.1, 0.15) is 6.29 Å². The highest BCUT2D eigenvalue weighted by atomic mass is 16.5. The van der Waals surface area contributed by atoms with Crippen molar-refractivity contribution in [2.75, 3.05) is 18.5 Å². The van der Waals surface area contributed by atoms with Crippen LogP contribution in [0.15, 0.2) is 24.3 Å². The molecule has 1 saturated heterocycles. The summed E-state index contributed by atoms with van der Waals surface area (Å²) in [5.41, 5.74) is 1.33. The molecular formula is C13H15NO3. The topological polar surface area (TPSA) is 55.4 Å². The fourth-order valence-electron chi connectivity index (χ4n) is 1.85. The lowest BCUT2D eigenvalue weighted by atomic mass is 9.99. The standard InChI is InChI=1S/C13H15NO3/c15-9-10-1-3-12(4-2-10)14-13(16)11-5-7-17-8-6-11/h1-4,9,11H,5-8H2,(H,14,16). The van der Waals surface area contributed by atoms with Crippen LogP contribution in [0.5, 0.6) is 0 Å². The molecule has 0 aromatic heterocycles. The number of nitrogens with one attached hydrogen (secondary N) is 1. The summed E-state index contributed by atoms with van der Waals surface area (Å²) >= 11 is 0. The second kappa shape index (κ2) is 5.59. The van der Waals surface area contributed by atoms with Crippen LogP contribution in [0.1, 0.15) is 23.2 Å². The smallest absolute Gasteiger partial charge is 0.227 e. The summed E-state index contributed by atoms with van der Waals surface area (Å²) in [6.45, 7) is 1.31. The predicted octanol–water partition coefficient (Wildman–Crippen LogP) is 1.86. The summed E-state index contributed by atoms with van der Waals surface area (Å²) in [6.07, 6.45) is 2.33. The van der Waals surface area contributed by atoms with Crippen LogP contribution in [0.25, 0.3) is 0 Å². The number of carbonyl (C=O) groups excluding carboxylic acids is 2. The molecule has 0 aliphatic carbocycles. The molecule has 0 atom stereocenters. The van der Waals surface area contributed by atoms with Crippen LogP contribution in [-0.2, 0) is 9.53 Å². The quantitative estimate of drug-likeness (QED) is 0.811. The fourth-order valence-corrected chi connectivity index (χ4v) is 1.85. The minimum absolute atomic E-state index is 0.0344. The van der Waals surface area contributed by atoms with Crippen LogP contribution in [-0.4, -0.2) is 25.4 Å². The Bertz CT molecular complexity index is 394. The largest absolute Gasteiger partial charge is 0.381 e. The maximum atomic E-state index is 11.9. The number of aldehydes is 1. The van der Waals surface area contributed by atoms with E-state index in [2.05, 4.69) is 5.32 Å². The average Bonchev–Trinajstić information content (AvgIpc) is 2.40. The van der Waals surface area contributed by atoms with Gasteiger partial charge in [-0.3, -0.25) is 9.59 Å². The number of benzene rings is 1. The zero-order chi connectivity index (χ0) is 12.1. The van der Waals surface area contributed by atoms with Crippen LogP contribution in [0.2, 0.25) is 0 Å². The predicted molar refractivity (Wildman–Crippen MR) is 64.0 cm³/mol. The number of rotatable bonds is 3. The summed E-state index contributed by atoms with van der Waals surface area (Å²) in [7, 11) is 0. The molecular weight excluding hydrogens is 218 g/mol. The Morgan fingerprint density at radius 1 is 1.24 bits per heavy atom. The zero-order valence-corrected chi connectivity index (χ0v) is 9.52. The summed E-state index contributed by atoms with van der Waals surface area (Å²) in [5, 5.41) is 2.85. The number of anilines is 1. The first kappa shape index (κ1) is 11.8. The van der Waals surface area contributed by atoms with Gasteiger partial charge in [0, 0.05) is 30.4 Å². The van der Waals surface area contributed by atoms with Gasteiger partial charge in [0.2, 0.25) is 5.91 Å². The number of carbonyl (C=O) groups is 2. The maximum Gasteiger partial charge on any atom is 0.227 e. The van der Waals surface area contributed by atoms with Crippen molar-refractivity contribution in [2.24, 2.45) is 5.92 Å². The molecule has 0 bridgehead atoms. The molecule has 1 aliphatic heterocycles. The van der Waals surface area contributed by atoms with E-state index in [-0.39, 0.29) is 11.8 Å². The molecule has 90 valence electrons. The normalized spacial score (nSPS) is 16.5. The molecule has 1 aliphatic rings. The second-order valence-electron chi connectivity index (χ2n) is 4.12. The highest BCUT2D eigenvalue weighted by Gasteiger charge is 2.21. The molecule has 0 unspecified atom stereocenters. The molecule has 4 heteroatoms. The molecule has 1 aromatic rings. The van der Waals surface area contributed by atoms with Gasteiger partial charge in [0.25, 0.3) is 0 Å². The van der Waals surface area contributed by atoms with Crippen molar-refractivity contribution in [3.05, 3.63) is 29.8 Å². The Balaban J connectivity index is 1.94. The van der Waals surface area contributed by atoms with E-state index in [0.717, 1.165) is 24.8 Å². The first-order chi connectivity index (χ1) is 8.29. The van der Waals surface area contributed by atoms with Crippen molar-refractivity contribution in [2.45, 2.75) is 12.8 Å². The minimum Gasteiger partial charge on any atom is -0.381 e. The van der Waals surface area contributed by atoms with Crippen LogP contribution >= 0.6 is 0 Å². The van der Waals surface area contributed by atoms with Crippen LogP contribution in [0.4, 0.5) is 5.69 Å². The number of amides is 1. The van der Waals surface area contributed by atoms with E-state index in [1.165, 1.54) is 0 Å². The number of ether oxygens (including phenoxy) is 1. The molecule has 0 radical (unpaired) electrons. The SMILES string of the molecule is O=Cc1ccc(NC(=O)C2CCOCC2)cc1. The van der Waals surface area contributed by atoms with E-state index in [1.54, 1.807) is 24.3 Å². The van der Waals surface area contributed by atoms with E-state index in [9.17, 15) is 9.59 Å². The molecule has 1 N–H and O–H groups in total. The molecule has 1 aromatic carbocycles. The molecule has 1 fully saturated rings. The van der Waals surface area contributed by atoms with Gasteiger partial charge in [-0.05, 0) is 37.1 Å². The van der Waals surface area contributed by atoms with Crippen molar-refractivity contribution in [3.8, 4) is 0 Å². The Morgan fingerprint density at radius 2 is 1.88 bits per heavy atom. The monoisotopic (exact) mass is 233 g/mol. The Labute approximate surface area is 100.0 Å². The number of hydrogen-bond donors (Lipinski definition) is 1. The van der Waals surface area contributed by atoms with Gasteiger partial charge in [-0.2, -0.15) is 0 Å². The van der Waals surface area contributed by atoms with Crippen molar-refractivity contribution in [1.29, 1.82) is 0 Å². The van der Waals surface area contributed by atoms with Gasteiger partial charge in [0.15, 0.2) is 0 Å². The van der Waals surface area contributed by atoms with Gasteiger partial charge in [-0.1, -0.05) is 0 Å². The molecule has 0 spiro atoms. The Morgan fingerprint density at radius 3 is 2.47 bits per heavy atom. The van der Waals surface area contributed by atoms with Crippen molar-refractivity contribution >= 4 is 17.9 Å². The molecule has 4 nitrogen and oxygen atoms in total. The lowest BCUT2D eigenvalue weighted by Gasteiger charge is -2.21. The van der Waals surface area contributed by atoms with E-state index >= 15 is 0 Å². The van der Waals surface area contributed by atoms with Crippen LogP contribution in [0.3, 0.4) is 0 Å². The lowest BCUT2D eigenvalue weighted by Crippen LogP contribution is -2.28. The van der Waals surface area contributed by atoms with Crippen molar-refractivity contribution in [1.82, 2.24) is 0 Å². The second-order valence-corrected chi connectivity index (χ2v) is 4.12. The Kier molecular flexibility index (Phi) is 3.88. The van der Waals surface area contributed by atoms with Gasteiger partial charge in [-0.15, -0.1) is 0 Å². The van der Waals surface area contributed by atoms with Gasteiger partial charge < -0.3 is 10.1 Å². The highest BCUT2D eigenvalue weighted by molar-refractivity contribution is 5.92. The maximum absolute atomic E-state index is 11.9. The molecule has 1 heterocycles. The molecule has 1 amide bonds. The zero-order valence-electron chi connectivity index (χ0n) is 9.52. The van der Waals surface area contributed by atoms with Gasteiger partial charge in [0.05, 0.1) is 0 Å².